The Morgan fingerprint density at radius 3 is 2.69 bits per heavy atom. The molecule has 0 unspecified atom stereocenters. The van der Waals surface area contributed by atoms with Crippen molar-refractivity contribution in [3.63, 3.8) is 0 Å². The van der Waals surface area contributed by atoms with Gasteiger partial charge in [0.2, 0.25) is 11.8 Å². The molecular formula is C25H22ClN3O3. The van der Waals surface area contributed by atoms with Gasteiger partial charge >= 0.3 is 0 Å². The lowest BCUT2D eigenvalue weighted by Crippen LogP contribution is -2.56. The minimum absolute atomic E-state index is 0.132. The van der Waals surface area contributed by atoms with Crippen LogP contribution in [0.2, 0.25) is 5.02 Å². The first kappa shape index (κ1) is 19.7. The maximum Gasteiger partial charge on any atom is 0.253 e. The monoisotopic (exact) mass is 447 g/mol. The number of anilines is 2. The summed E-state index contributed by atoms with van der Waals surface area (Å²) in [6.07, 6.45) is 3.38. The minimum Gasteiger partial charge on any atom is -0.306 e. The average molecular weight is 448 g/mol. The summed E-state index contributed by atoms with van der Waals surface area (Å²) in [5.74, 6) is -2.00. The molecule has 6 nitrogen and oxygen atoms in total. The molecule has 4 atom stereocenters. The fourth-order valence-electron chi connectivity index (χ4n) is 6.52. The molecule has 2 aromatic rings. The molecule has 162 valence electrons. The lowest BCUT2D eigenvalue weighted by molar-refractivity contribution is -0.137. The predicted octanol–water partition coefficient (Wildman–Crippen LogP) is 3.35. The van der Waals surface area contributed by atoms with Crippen molar-refractivity contribution in [3.8, 4) is 0 Å². The normalized spacial score (nSPS) is 30.9. The van der Waals surface area contributed by atoms with Gasteiger partial charge in [0.05, 0.1) is 17.5 Å². The van der Waals surface area contributed by atoms with Crippen molar-refractivity contribution in [2.45, 2.75) is 24.4 Å². The van der Waals surface area contributed by atoms with E-state index in [4.69, 9.17) is 11.6 Å². The Labute approximate surface area is 191 Å². The van der Waals surface area contributed by atoms with Crippen LogP contribution in [-0.4, -0.2) is 41.8 Å². The Balaban J connectivity index is 1.57. The van der Waals surface area contributed by atoms with Crippen LogP contribution in [0.25, 0.3) is 0 Å². The summed E-state index contributed by atoms with van der Waals surface area (Å²) in [6, 6.07) is 14.3. The van der Waals surface area contributed by atoms with Crippen LogP contribution in [0.4, 0.5) is 11.4 Å². The second-order valence-corrected chi connectivity index (χ2v) is 9.32. The molecule has 7 heteroatoms. The maximum absolute atomic E-state index is 14.1. The zero-order valence-electron chi connectivity index (χ0n) is 17.4. The van der Waals surface area contributed by atoms with Crippen LogP contribution >= 0.6 is 11.6 Å². The van der Waals surface area contributed by atoms with Crippen molar-refractivity contribution in [2.75, 3.05) is 22.9 Å². The third-order valence-corrected chi connectivity index (χ3v) is 7.76. The van der Waals surface area contributed by atoms with Crippen molar-refractivity contribution >= 4 is 40.7 Å². The largest absolute Gasteiger partial charge is 0.306 e. The molecule has 4 aliphatic heterocycles. The quantitative estimate of drug-likeness (QED) is 0.534. The topological polar surface area (TPSA) is 60.9 Å². The molecule has 32 heavy (non-hydrogen) atoms. The number of fused-ring (bicyclic) bond motifs is 7. The molecule has 1 spiro atoms. The molecule has 3 saturated heterocycles. The molecule has 3 amide bonds. The Kier molecular flexibility index (Phi) is 4.17. The minimum atomic E-state index is -1.16. The van der Waals surface area contributed by atoms with E-state index in [1.165, 1.54) is 4.90 Å². The number of carbonyl (C=O) groups is 3. The molecule has 6 rings (SSSR count). The smallest absolute Gasteiger partial charge is 0.253 e. The van der Waals surface area contributed by atoms with Crippen molar-refractivity contribution in [3.05, 3.63) is 71.8 Å². The van der Waals surface area contributed by atoms with E-state index < -0.39 is 17.4 Å². The van der Waals surface area contributed by atoms with Crippen molar-refractivity contribution in [1.82, 2.24) is 4.90 Å². The summed E-state index contributed by atoms with van der Waals surface area (Å²) in [7, 11) is 0. The third-order valence-electron chi connectivity index (χ3n) is 7.52. The Bertz CT molecular complexity index is 1200. The summed E-state index contributed by atoms with van der Waals surface area (Å²) in [5.41, 5.74) is 0.916. The van der Waals surface area contributed by atoms with Crippen LogP contribution in [0.3, 0.4) is 0 Å². The highest BCUT2D eigenvalue weighted by Crippen LogP contribution is 2.61. The number of amides is 3. The summed E-state index contributed by atoms with van der Waals surface area (Å²) in [4.78, 5) is 46.9. The molecule has 0 N–H and O–H groups in total. The number of carbonyl (C=O) groups excluding carboxylic acids is 3. The zero-order valence-corrected chi connectivity index (χ0v) is 18.2. The molecule has 4 heterocycles. The van der Waals surface area contributed by atoms with Gasteiger partial charge in [-0.15, -0.1) is 6.58 Å². The number of halogens is 1. The number of rotatable bonds is 3. The standard InChI is InChI=1S/C25H22ClN3O3/c1-2-12-27-18-10-4-3-9-17(18)25(24(27)32)21-20(19-11-6-13-28(19)25)22(30)29(23(21)31)16-8-5-7-15(26)14-16/h2-5,7-10,14,19-21H,1,6,11-13H2/t19-,20+,21+,25+/m1/s1. The van der Waals surface area contributed by atoms with Gasteiger partial charge in [0.15, 0.2) is 0 Å². The van der Waals surface area contributed by atoms with Gasteiger partial charge in [0, 0.05) is 28.9 Å². The van der Waals surface area contributed by atoms with Crippen LogP contribution < -0.4 is 9.80 Å². The second-order valence-electron chi connectivity index (χ2n) is 8.89. The van der Waals surface area contributed by atoms with E-state index in [0.717, 1.165) is 24.1 Å². The van der Waals surface area contributed by atoms with Gasteiger partial charge in [0.1, 0.15) is 5.54 Å². The summed E-state index contributed by atoms with van der Waals surface area (Å²) < 4.78 is 0. The van der Waals surface area contributed by atoms with Crippen molar-refractivity contribution < 1.29 is 14.4 Å². The fourth-order valence-corrected chi connectivity index (χ4v) is 6.71. The lowest BCUT2D eigenvalue weighted by Gasteiger charge is -2.37. The van der Waals surface area contributed by atoms with E-state index in [-0.39, 0.29) is 23.8 Å². The highest BCUT2D eigenvalue weighted by molar-refractivity contribution is 6.31. The molecule has 0 aromatic heterocycles. The number of para-hydroxylation sites is 1. The van der Waals surface area contributed by atoms with Gasteiger partial charge in [-0.2, -0.15) is 0 Å². The molecule has 4 aliphatic rings. The van der Waals surface area contributed by atoms with Crippen LogP contribution in [0.5, 0.6) is 0 Å². The summed E-state index contributed by atoms with van der Waals surface area (Å²) >= 11 is 6.17. The second kappa shape index (κ2) is 6.77. The predicted molar refractivity (Wildman–Crippen MR) is 121 cm³/mol. The van der Waals surface area contributed by atoms with Crippen LogP contribution in [-0.2, 0) is 19.9 Å². The highest BCUT2D eigenvalue weighted by Gasteiger charge is 2.75. The van der Waals surface area contributed by atoms with Crippen LogP contribution in [0, 0.1) is 11.8 Å². The van der Waals surface area contributed by atoms with E-state index in [9.17, 15) is 14.4 Å². The first-order valence-corrected chi connectivity index (χ1v) is 11.3. The number of imide groups is 1. The molecule has 0 radical (unpaired) electrons. The SMILES string of the molecule is C=CCN1C(=O)[C@]2(c3ccccc31)[C@@H]1C(=O)N(c3cccc(Cl)c3)C(=O)[C@H]1[C@H]1CCCN12. The number of nitrogens with zero attached hydrogens (tertiary/aromatic N) is 3. The van der Waals surface area contributed by atoms with E-state index in [0.29, 0.717) is 23.8 Å². The Morgan fingerprint density at radius 1 is 1.09 bits per heavy atom. The van der Waals surface area contributed by atoms with E-state index in [1.807, 2.05) is 24.3 Å². The fraction of sp³-hybridized carbons (Fsp3) is 0.320. The van der Waals surface area contributed by atoms with E-state index >= 15 is 0 Å². The van der Waals surface area contributed by atoms with E-state index in [1.54, 1.807) is 35.2 Å². The lowest BCUT2D eigenvalue weighted by atomic mass is 9.75. The van der Waals surface area contributed by atoms with E-state index in [2.05, 4.69) is 11.5 Å². The average Bonchev–Trinajstić information content (AvgIpc) is 3.48. The Hall–Kier alpha value is -2.96. The van der Waals surface area contributed by atoms with Crippen LogP contribution in [0.15, 0.2) is 61.2 Å². The van der Waals surface area contributed by atoms with Crippen LogP contribution in [0.1, 0.15) is 18.4 Å². The van der Waals surface area contributed by atoms with Crippen molar-refractivity contribution in [2.24, 2.45) is 11.8 Å². The van der Waals surface area contributed by atoms with Gasteiger partial charge in [-0.25, -0.2) is 4.90 Å². The molecule has 0 bridgehead atoms. The first-order valence-electron chi connectivity index (χ1n) is 10.9. The van der Waals surface area contributed by atoms with Gasteiger partial charge in [-0.1, -0.05) is 41.9 Å². The van der Waals surface area contributed by atoms with Gasteiger partial charge in [-0.05, 0) is 43.7 Å². The molecular weight excluding hydrogens is 426 g/mol. The molecule has 3 fully saturated rings. The maximum atomic E-state index is 14.1. The third kappa shape index (κ3) is 2.21. The molecule has 0 saturated carbocycles. The summed E-state index contributed by atoms with van der Waals surface area (Å²) in [6.45, 7) is 4.86. The van der Waals surface area contributed by atoms with Gasteiger partial charge < -0.3 is 4.90 Å². The number of hydrogen-bond acceptors (Lipinski definition) is 4. The molecule has 0 aliphatic carbocycles. The van der Waals surface area contributed by atoms with Gasteiger partial charge in [0.25, 0.3) is 5.91 Å². The van der Waals surface area contributed by atoms with Gasteiger partial charge in [-0.3, -0.25) is 19.3 Å². The zero-order chi connectivity index (χ0) is 22.2. The first-order chi connectivity index (χ1) is 15.5. The number of benzene rings is 2. The number of hydrogen-bond donors (Lipinski definition) is 0. The van der Waals surface area contributed by atoms with Crippen molar-refractivity contribution in [1.29, 1.82) is 0 Å². The molecule has 2 aromatic carbocycles. The Morgan fingerprint density at radius 2 is 1.91 bits per heavy atom. The summed E-state index contributed by atoms with van der Waals surface area (Å²) in [5, 5.41) is 0.455. The highest BCUT2D eigenvalue weighted by atomic mass is 35.5.